The lowest BCUT2D eigenvalue weighted by atomic mass is 10.1. The van der Waals surface area contributed by atoms with Gasteiger partial charge in [-0.1, -0.05) is 42.8 Å². The van der Waals surface area contributed by atoms with E-state index in [9.17, 15) is 0 Å². The highest BCUT2D eigenvalue weighted by Crippen LogP contribution is 2.26. The number of aromatic nitrogens is 1. The normalized spacial score (nSPS) is 15.7. The Bertz CT molecular complexity index is 797. The predicted molar refractivity (Wildman–Crippen MR) is 107 cm³/mol. The van der Waals surface area contributed by atoms with Gasteiger partial charge in [-0.2, -0.15) is 0 Å². The quantitative estimate of drug-likeness (QED) is 0.546. The molecule has 0 amide bonds. The lowest BCUT2D eigenvalue weighted by Gasteiger charge is -2.26. The second-order valence-corrected chi connectivity index (χ2v) is 7.24. The van der Waals surface area contributed by atoms with Crippen molar-refractivity contribution in [3.05, 3.63) is 66.4 Å². The van der Waals surface area contributed by atoms with Gasteiger partial charge in [-0.05, 0) is 75.5 Å². The van der Waals surface area contributed by atoms with Gasteiger partial charge in [0.05, 0.1) is 5.52 Å². The van der Waals surface area contributed by atoms with E-state index in [1.807, 2.05) is 0 Å². The van der Waals surface area contributed by atoms with E-state index >= 15 is 0 Å². The average Bonchev–Trinajstić information content (AvgIpc) is 3.06. The van der Waals surface area contributed by atoms with E-state index in [-0.39, 0.29) is 0 Å². The van der Waals surface area contributed by atoms with Crippen molar-refractivity contribution in [2.24, 2.45) is 0 Å². The summed E-state index contributed by atoms with van der Waals surface area (Å²) in [5, 5.41) is 1.41. The van der Waals surface area contributed by atoms with Crippen molar-refractivity contribution in [1.82, 2.24) is 9.47 Å². The molecule has 0 aliphatic carbocycles. The molecule has 1 aliphatic rings. The molecular formula is C23H28N2. The third-order valence-electron chi connectivity index (χ3n) is 5.45. The highest BCUT2D eigenvalue weighted by atomic mass is 15.1. The number of unbranched alkanes of at least 4 members (excludes halogenated alkanes) is 1. The minimum absolute atomic E-state index is 1.17. The molecule has 0 N–H and O–H groups in total. The van der Waals surface area contributed by atoms with Gasteiger partial charge < -0.3 is 9.47 Å². The zero-order chi connectivity index (χ0) is 16.9. The fraction of sp³-hybridized carbons (Fsp3) is 0.391. The van der Waals surface area contributed by atoms with Gasteiger partial charge in [-0.15, -0.1) is 0 Å². The topological polar surface area (TPSA) is 8.17 Å². The maximum atomic E-state index is 2.65. The predicted octanol–water partition coefficient (Wildman–Crippen LogP) is 5.44. The van der Waals surface area contributed by atoms with E-state index in [4.69, 9.17) is 0 Å². The van der Waals surface area contributed by atoms with Gasteiger partial charge in [0, 0.05) is 17.3 Å². The van der Waals surface area contributed by atoms with Crippen LogP contribution in [-0.2, 0) is 6.42 Å². The van der Waals surface area contributed by atoms with Crippen LogP contribution in [0.25, 0.3) is 16.6 Å². The SMILES string of the molecule is c1ccc(-n2cc(CCCCN3CCCCC3)c3ccccc32)cc1. The van der Waals surface area contributed by atoms with Crippen LogP contribution in [0.2, 0.25) is 0 Å². The average molecular weight is 332 g/mol. The van der Waals surface area contributed by atoms with E-state index < -0.39 is 0 Å². The first-order valence-corrected chi connectivity index (χ1v) is 9.78. The zero-order valence-corrected chi connectivity index (χ0v) is 15.0. The van der Waals surface area contributed by atoms with Crippen molar-refractivity contribution < 1.29 is 0 Å². The number of nitrogens with zero attached hydrogens (tertiary/aromatic N) is 2. The third kappa shape index (κ3) is 3.80. The lowest BCUT2D eigenvalue weighted by Crippen LogP contribution is -2.30. The first-order chi connectivity index (χ1) is 12.4. The fourth-order valence-electron chi connectivity index (χ4n) is 4.09. The van der Waals surface area contributed by atoms with Gasteiger partial charge in [0.1, 0.15) is 0 Å². The summed E-state index contributed by atoms with van der Waals surface area (Å²) in [6.07, 6.45) is 10.3. The lowest BCUT2D eigenvalue weighted by molar-refractivity contribution is 0.225. The molecule has 1 aromatic heterocycles. The largest absolute Gasteiger partial charge is 0.316 e. The highest BCUT2D eigenvalue weighted by Gasteiger charge is 2.11. The smallest absolute Gasteiger partial charge is 0.0531 e. The second kappa shape index (κ2) is 7.88. The Hall–Kier alpha value is -2.06. The third-order valence-corrected chi connectivity index (χ3v) is 5.45. The van der Waals surface area contributed by atoms with Crippen molar-refractivity contribution in [2.75, 3.05) is 19.6 Å². The summed E-state index contributed by atoms with van der Waals surface area (Å²) in [6, 6.07) is 19.5. The molecule has 2 heterocycles. The van der Waals surface area contributed by atoms with E-state index in [1.54, 1.807) is 0 Å². The Labute approximate surface area is 151 Å². The number of aryl methyl sites for hydroxylation is 1. The van der Waals surface area contributed by atoms with Gasteiger partial charge in [0.25, 0.3) is 0 Å². The molecular weight excluding hydrogens is 304 g/mol. The van der Waals surface area contributed by atoms with Gasteiger partial charge >= 0.3 is 0 Å². The Morgan fingerprint density at radius 1 is 0.760 bits per heavy atom. The van der Waals surface area contributed by atoms with E-state index in [2.05, 4.69) is 70.3 Å². The number of hydrogen-bond acceptors (Lipinski definition) is 1. The standard InChI is InChI=1S/C23H28N2/c1-3-12-21(13-4-1)25-19-20(22-14-5-6-15-23(22)25)11-7-10-18-24-16-8-2-9-17-24/h1,3-6,12-15,19H,2,7-11,16-18H2. The molecule has 25 heavy (non-hydrogen) atoms. The highest BCUT2D eigenvalue weighted by molar-refractivity contribution is 5.85. The molecule has 2 nitrogen and oxygen atoms in total. The molecule has 130 valence electrons. The molecule has 0 bridgehead atoms. The molecule has 1 aliphatic heterocycles. The second-order valence-electron chi connectivity index (χ2n) is 7.24. The minimum Gasteiger partial charge on any atom is -0.316 e. The first-order valence-electron chi connectivity index (χ1n) is 9.78. The Balaban J connectivity index is 1.46. The summed E-state index contributed by atoms with van der Waals surface area (Å²) in [5.41, 5.74) is 4.05. The van der Waals surface area contributed by atoms with Crippen LogP contribution in [0, 0.1) is 0 Å². The van der Waals surface area contributed by atoms with Crippen molar-refractivity contribution in [2.45, 2.75) is 38.5 Å². The van der Waals surface area contributed by atoms with Gasteiger partial charge in [0.15, 0.2) is 0 Å². The van der Waals surface area contributed by atoms with E-state index in [1.165, 1.54) is 80.3 Å². The zero-order valence-electron chi connectivity index (χ0n) is 15.0. The molecule has 0 radical (unpaired) electrons. The first kappa shape index (κ1) is 16.4. The number of para-hydroxylation sites is 2. The van der Waals surface area contributed by atoms with Crippen LogP contribution in [0.3, 0.4) is 0 Å². The molecule has 0 atom stereocenters. The molecule has 4 rings (SSSR count). The number of hydrogen-bond donors (Lipinski definition) is 0. The van der Waals surface area contributed by atoms with Crippen LogP contribution in [0.4, 0.5) is 0 Å². The van der Waals surface area contributed by atoms with Gasteiger partial charge in [-0.3, -0.25) is 0 Å². The molecule has 1 fully saturated rings. The monoisotopic (exact) mass is 332 g/mol. The maximum absolute atomic E-state index is 2.65. The Kier molecular flexibility index (Phi) is 5.17. The van der Waals surface area contributed by atoms with Crippen molar-refractivity contribution in [3.63, 3.8) is 0 Å². The maximum Gasteiger partial charge on any atom is 0.0531 e. The fourth-order valence-corrected chi connectivity index (χ4v) is 4.09. The van der Waals surface area contributed by atoms with Crippen LogP contribution in [-0.4, -0.2) is 29.1 Å². The van der Waals surface area contributed by atoms with Crippen LogP contribution in [0.1, 0.15) is 37.7 Å². The van der Waals surface area contributed by atoms with Crippen LogP contribution in [0.5, 0.6) is 0 Å². The minimum atomic E-state index is 1.17. The molecule has 0 unspecified atom stereocenters. The molecule has 0 saturated carbocycles. The van der Waals surface area contributed by atoms with Gasteiger partial charge in [-0.25, -0.2) is 0 Å². The summed E-state index contributed by atoms with van der Waals surface area (Å²) in [5.74, 6) is 0. The number of fused-ring (bicyclic) bond motifs is 1. The summed E-state index contributed by atoms with van der Waals surface area (Å²) in [6.45, 7) is 3.90. The molecule has 2 heteroatoms. The molecule has 0 spiro atoms. The molecule has 3 aromatic rings. The summed E-state index contributed by atoms with van der Waals surface area (Å²) < 4.78 is 2.34. The number of benzene rings is 2. The van der Waals surface area contributed by atoms with Gasteiger partial charge in [0.2, 0.25) is 0 Å². The Morgan fingerprint density at radius 3 is 2.36 bits per heavy atom. The van der Waals surface area contributed by atoms with Crippen molar-refractivity contribution >= 4 is 10.9 Å². The number of rotatable bonds is 6. The molecule has 2 aromatic carbocycles. The van der Waals surface area contributed by atoms with Crippen LogP contribution >= 0.6 is 0 Å². The number of piperidine rings is 1. The number of likely N-dealkylation sites (tertiary alicyclic amines) is 1. The molecule has 1 saturated heterocycles. The van der Waals surface area contributed by atoms with E-state index in [0.29, 0.717) is 0 Å². The van der Waals surface area contributed by atoms with Crippen LogP contribution < -0.4 is 0 Å². The van der Waals surface area contributed by atoms with E-state index in [0.717, 1.165) is 0 Å². The summed E-state index contributed by atoms with van der Waals surface area (Å²) in [7, 11) is 0. The van der Waals surface area contributed by atoms with Crippen molar-refractivity contribution in [1.29, 1.82) is 0 Å². The summed E-state index contributed by atoms with van der Waals surface area (Å²) in [4.78, 5) is 2.65. The summed E-state index contributed by atoms with van der Waals surface area (Å²) >= 11 is 0. The van der Waals surface area contributed by atoms with Crippen LogP contribution in [0.15, 0.2) is 60.8 Å². The Morgan fingerprint density at radius 2 is 1.52 bits per heavy atom. The van der Waals surface area contributed by atoms with Crippen molar-refractivity contribution in [3.8, 4) is 5.69 Å².